The van der Waals surface area contributed by atoms with Gasteiger partial charge in [0.05, 0.1) is 29.2 Å². The van der Waals surface area contributed by atoms with Gasteiger partial charge in [-0.2, -0.15) is 5.26 Å². The second-order valence-corrected chi connectivity index (χ2v) is 6.76. The third-order valence-electron chi connectivity index (χ3n) is 2.94. The Hall–Kier alpha value is -1.45. The van der Waals surface area contributed by atoms with E-state index in [1.54, 1.807) is 0 Å². The van der Waals surface area contributed by atoms with Crippen LogP contribution in [0.5, 0.6) is 0 Å². The lowest BCUT2D eigenvalue weighted by molar-refractivity contribution is 0.127. The molecule has 0 bridgehead atoms. The SMILES string of the molecule is N#Cc1cc(F)cc(CS(=O)(=O)CC2CCCO2)c1. The van der Waals surface area contributed by atoms with Crippen molar-refractivity contribution in [2.75, 3.05) is 12.4 Å². The quantitative estimate of drug-likeness (QED) is 0.845. The Bertz CT molecular complexity index is 601. The van der Waals surface area contributed by atoms with Gasteiger partial charge in [0.1, 0.15) is 5.82 Å². The van der Waals surface area contributed by atoms with Crippen molar-refractivity contribution in [3.8, 4) is 6.07 Å². The van der Waals surface area contributed by atoms with Crippen LogP contribution in [0.3, 0.4) is 0 Å². The molecule has 1 aliphatic rings. The third-order valence-corrected chi connectivity index (χ3v) is 4.59. The second-order valence-electron chi connectivity index (χ2n) is 4.65. The first-order valence-electron chi connectivity index (χ1n) is 6.00. The molecule has 0 N–H and O–H groups in total. The van der Waals surface area contributed by atoms with E-state index < -0.39 is 15.7 Å². The summed E-state index contributed by atoms with van der Waals surface area (Å²) in [6.07, 6.45) is 1.36. The molecule has 1 aliphatic heterocycles. The van der Waals surface area contributed by atoms with Gasteiger partial charge in [0.15, 0.2) is 9.84 Å². The van der Waals surface area contributed by atoms with E-state index in [9.17, 15) is 12.8 Å². The number of hydrogen-bond acceptors (Lipinski definition) is 4. The molecule has 0 aliphatic carbocycles. The maximum absolute atomic E-state index is 13.2. The van der Waals surface area contributed by atoms with Crippen molar-refractivity contribution < 1.29 is 17.5 Å². The normalized spacial score (nSPS) is 19.3. The van der Waals surface area contributed by atoms with Gasteiger partial charge >= 0.3 is 0 Å². The van der Waals surface area contributed by atoms with Gasteiger partial charge < -0.3 is 4.74 Å². The molecule has 0 aromatic heterocycles. The van der Waals surface area contributed by atoms with Gasteiger partial charge in [-0.1, -0.05) is 0 Å². The fourth-order valence-corrected chi connectivity index (χ4v) is 3.79. The van der Waals surface area contributed by atoms with Crippen molar-refractivity contribution >= 4 is 9.84 Å². The minimum atomic E-state index is -3.36. The molecule has 102 valence electrons. The lowest BCUT2D eigenvalue weighted by Gasteiger charge is -2.10. The Balaban J connectivity index is 2.11. The molecular weight excluding hydrogens is 269 g/mol. The van der Waals surface area contributed by atoms with Gasteiger partial charge in [0, 0.05) is 6.61 Å². The molecule has 0 spiro atoms. The molecule has 1 fully saturated rings. The van der Waals surface area contributed by atoms with Gasteiger partial charge in [-0.05, 0) is 36.6 Å². The van der Waals surface area contributed by atoms with Crippen molar-refractivity contribution in [3.63, 3.8) is 0 Å². The van der Waals surface area contributed by atoms with Crippen molar-refractivity contribution in [3.05, 3.63) is 35.1 Å². The van der Waals surface area contributed by atoms with Gasteiger partial charge in [-0.25, -0.2) is 12.8 Å². The number of nitriles is 1. The van der Waals surface area contributed by atoms with Crippen LogP contribution in [0.1, 0.15) is 24.0 Å². The van der Waals surface area contributed by atoms with Crippen LogP contribution in [0.15, 0.2) is 18.2 Å². The number of ether oxygens (including phenoxy) is 1. The van der Waals surface area contributed by atoms with Crippen molar-refractivity contribution in [2.24, 2.45) is 0 Å². The maximum atomic E-state index is 13.2. The summed E-state index contributed by atoms with van der Waals surface area (Å²) in [5.41, 5.74) is 0.428. The Kier molecular flexibility index (Phi) is 4.17. The summed E-state index contributed by atoms with van der Waals surface area (Å²) < 4.78 is 42.5. The van der Waals surface area contributed by atoms with E-state index in [1.807, 2.05) is 6.07 Å². The van der Waals surface area contributed by atoms with Crippen molar-refractivity contribution in [1.29, 1.82) is 5.26 Å². The molecule has 19 heavy (non-hydrogen) atoms. The smallest absolute Gasteiger partial charge is 0.156 e. The molecule has 4 nitrogen and oxygen atoms in total. The summed E-state index contributed by atoms with van der Waals surface area (Å²) in [5, 5.41) is 8.73. The molecular formula is C13H14FNO3S. The fraction of sp³-hybridized carbons (Fsp3) is 0.462. The van der Waals surface area contributed by atoms with Crippen LogP contribution in [0.2, 0.25) is 0 Å². The highest BCUT2D eigenvalue weighted by molar-refractivity contribution is 7.90. The number of benzene rings is 1. The first kappa shape index (κ1) is 14.0. The first-order chi connectivity index (χ1) is 8.98. The maximum Gasteiger partial charge on any atom is 0.156 e. The molecule has 0 amide bonds. The molecule has 1 heterocycles. The van der Waals surface area contributed by atoms with E-state index in [2.05, 4.69) is 0 Å². The Morgan fingerprint density at radius 1 is 1.42 bits per heavy atom. The zero-order valence-electron chi connectivity index (χ0n) is 10.3. The lowest BCUT2D eigenvalue weighted by atomic mass is 10.1. The molecule has 1 aromatic carbocycles. The summed E-state index contributed by atoms with van der Waals surface area (Å²) >= 11 is 0. The van der Waals surface area contributed by atoms with Crippen LogP contribution in [-0.2, 0) is 20.3 Å². The number of hydrogen-bond donors (Lipinski definition) is 0. The van der Waals surface area contributed by atoms with Crippen LogP contribution < -0.4 is 0 Å². The minimum Gasteiger partial charge on any atom is -0.377 e. The summed E-state index contributed by atoms with van der Waals surface area (Å²) in [5.74, 6) is -0.911. The zero-order chi connectivity index (χ0) is 13.9. The predicted molar refractivity (Wildman–Crippen MR) is 67.6 cm³/mol. The number of halogens is 1. The topological polar surface area (TPSA) is 67.2 Å². The van der Waals surface area contributed by atoms with Crippen LogP contribution in [0.4, 0.5) is 4.39 Å². The van der Waals surface area contributed by atoms with Crippen LogP contribution in [-0.4, -0.2) is 26.9 Å². The number of rotatable bonds is 4. The van der Waals surface area contributed by atoms with E-state index in [0.29, 0.717) is 12.2 Å². The van der Waals surface area contributed by atoms with Gasteiger partial charge in [0.2, 0.25) is 0 Å². The summed E-state index contributed by atoms with van der Waals surface area (Å²) in [6.45, 7) is 0.596. The standard InChI is InChI=1S/C13H14FNO3S/c14-12-5-10(7-15)4-11(6-12)8-19(16,17)9-13-2-1-3-18-13/h4-6,13H,1-3,8-9H2. The van der Waals surface area contributed by atoms with Crippen molar-refractivity contribution in [2.45, 2.75) is 24.7 Å². The lowest BCUT2D eigenvalue weighted by Crippen LogP contribution is -2.21. The van der Waals surface area contributed by atoms with Gasteiger partial charge in [-0.3, -0.25) is 0 Å². The highest BCUT2D eigenvalue weighted by atomic mass is 32.2. The van der Waals surface area contributed by atoms with E-state index >= 15 is 0 Å². The summed E-state index contributed by atoms with van der Waals surface area (Å²) in [4.78, 5) is 0. The average molecular weight is 283 g/mol. The number of sulfone groups is 1. The van der Waals surface area contributed by atoms with Crippen LogP contribution in [0.25, 0.3) is 0 Å². The molecule has 1 atom stereocenters. The Morgan fingerprint density at radius 3 is 2.84 bits per heavy atom. The molecule has 1 unspecified atom stereocenters. The van der Waals surface area contributed by atoms with E-state index in [0.717, 1.165) is 25.0 Å². The highest BCUT2D eigenvalue weighted by Gasteiger charge is 2.23. The molecule has 1 saturated heterocycles. The molecule has 2 rings (SSSR count). The van der Waals surface area contributed by atoms with Gasteiger partial charge in [0.25, 0.3) is 0 Å². The second kappa shape index (κ2) is 5.68. The first-order valence-corrected chi connectivity index (χ1v) is 7.82. The summed E-state index contributed by atoms with van der Waals surface area (Å²) in [6, 6.07) is 5.43. The monoisotopic (exact) mass is 283 g/mol. The number of nitrogens with zero attached hydrogens (tertiary/aromatic N) is 1. The summed E-state index contributed by atoms with van der Waals surface area (Å²) in [7, 11) is -3.36. The van der Waals surface area contributed by atoms with Crippen molar-refractivity contribution in [1.82, 2.24) is 0 Å². The van der Waals surface area contributed by atoms with E-state index in [1.165, 1.54) is 6.07 Å². The van der Waals surface area contributed by atoms with Gasteiger partial charge in [-0.15, -0.1) is 0 Å². The molecule has 0 saturated carbocycles. The predicted octanol–water partition coefficient (Wildman–Crippen LogP) is 1.79. The Labute approximate surface area is 111 Å². The molecule has 0 radical (unpaired) electrons. The van der Waals surface area contributed by atoms with E-state index in [-0.39, 0.29) is 23.2 Å². The minimum absolute atomic E-state index is 0.0502. The largest absolute Gasteiger partial charge is 0.377 e. The average Bonchev–Trinajstić information content (AvgIpc) is 2.79. The van der Waals surface area contributed by atoms with E-state index in [4.69, 9.17) is 10.00 Å². The van der Waals surface area contributed by atoms with Crippen LogP contribution >= 0.6 is 0 Å². The molecule has 1 aromatic rings. The fourth-order valence-electron chi connectivity index (χ4n) is 2.17. The highest BCUT2D eigenvalue weighted by Crippen LogP contribution is 2.17. The van der Waals surface area contributed by atoms with Crippen LogP contribution in [0, 0.1) is 17.1 Å². The Morgan fingerprint density at radius 2 is 2.21 bits per heavy atom. The zero-order valence-corrected chi connectivity index (χ0v) is 11.1. The third kappa shape index (κ3) is 4.01. The molecule has 6 heteroatoms.